The summed E-state index contributed by atoms with van der Waals surface area (Å²) in [6.07, 6.45) is 5.48. The van der Waals surface area contributed by atoms with Crippen LogP contribution in [0.5, 0.6) is 0 Å². The number of hydrogen-bond donors (Lipinski definition) is 1. The predicted octanol–water partition coefficient (Wildman–Crippen LogP) is 2.39. The van der Waals surface area contributed by atoms with Crippen LogP contribution in [0.15, 0.2) is 49.3 Å². The maximum absolute atomic E-state index is 3.53. The molecule has 0 aliphatic rings. The van der Waals surface area contributed by atoms with Crippen LogP contribution in [0.2, 0.25) is 0 Å². The van der Waals surface area contributed by atoms with Gasteiger partial charge in [0, 0.05) is 6.20 Å². The van der Waals surface area contributed by atoms with Gasteiger partial charge in [0.05, 0.1) is 0 Å². The average molecular weight is 145 g/mol. The Morgan fingerprint density at radius 1 is 1.18 bits per heavy atom. The fourth-order valence-electron chi connectivity index (χ4n) is 0.777. The van der Waals surface area contributed by atoms with E-state index in [0.29, 0.717) is 0 Å². The van der Waals surface area contributed by atoms with Gasteiger partial charge < -0.3 is 5.32 Å². The molecule has 0 atom stereocenters. The summed E-state index contributed by atoms with van der Waals surface area (Å²) in [7, 11) is 0. The van der Waals surface area contributed by atoms with E-state index in [0.717, 1.165) is 0 Å². The molecular weight excluding hydrogens is 134 g/mol. The van der Waals surface area contributed by atoms with Crippen molar-refractivity contribution in [1.82, 2.24) is 5.32 Å². The molecule has 0 fully saturated rings. The second kappa shape index (κ2) is 4.34. The van der Waals surface area contributed by atoms with Gasteiger partial charge in [-0.15, -0.1) is 0 Å². The molecule has 0 aromatic heterocycles. The third kappa shape index (κ3) is 2.72. The molecule has 0 aliphatic heterocycles. The van der Waals surface area contributed by atoms with E-state index >= 15 is 0 Å². The van der Waals surface area contributed by atoms with Crippen LogP contribution in [0, 0.1) is 0 Å². The van der Waals surface area contributed by atoms with E-state index in [1.807, 2.05) is 42.6 Å². The van der Waals surface area contributed by atoms with Crippen molar-refractivity contribution in [3.8, 4) is 0 Å². The molecule has 1 heteroatoms. The molecule has 0 radical (unpaired) electrons. The summed E-state index contributed by atoms with van der Waals surface area (Å²) in [4.78, 5) is 0. The molecule has 0 saturated carbocycles. The first-order valence-corrected chi connectivity index (χ1v) is 3.52. The molecule has 0 spiro atoms. The van der Waals surface area contributed by atoms with Gasteiger partial charge in [0.15, 0.2) is 0 Å². The minimum Gasteiger partial charge on any atom is -0.368 e. The van der Waals surface area contributed by atoms with Gasteiger partial charge in [-0.1, -0.05) is 36.9 Å². The van der Waals surface area contributed by atoms with E-state index < -0.39 is 0 Å². The van der Waals surface area contributed by atoms with Crippen LogP contribution in [-0.4, -0.2) is 0 Å². The van der Waals surface area contributed by atoms with Gasteiger partial charge in [0.25, 0.3) is 0 Å². The Balaban J connectivity index is 2.57. The monoisotopic (exact) mass is 145 g/mol. The van der Waals surface area contributed by atoms with E-state index in [2.05, 4.69) is 11.9 Å². The van der Waals surface area contributed by atoms with Crippen LogP contribution >= 0.6 is 0 Å². The van der Waals surface area contributed by atoms with E-state index in [1.54, 1.807) is 6.20 Å². The summed E-state index contributed by atoms with van der Waals surface area (Å²) in [5.41, 5.74) is 1.18. The maximum atomic E-state index is 3.53. The quantitative estimate of drug-likeness (QED) is 0.688. The lowest BCUT2D eigenvalue weighted by Crippen LogP contribution is -1.88. The zero-order valence-electron chi connectivity index (χ0n) is 6.33. The second-order valence-corrected chi connectivity index (χ2v) is 2.11. The Morgan fingerprint density at radius 3 is 2.55 bits per heavy atom. The predicted molar refractivity (Wildman–Crippen MR) is 48.8 cm³/mol. The third-order valence-corrected chi connectivity index (χ3v) is 1.29. The molecule has 1 N–H and O–H groups in total. The number of hydrogen-bond acceptors (Lipinski definition) is 1. The summed E-state index contributed by atoms with van der Waals surface area (Å²) in [5, 5.41) is 2.88. The van der Waals surface area contributed by atoms with E-state index in [4.69, 9.17) is 0 Å². The van der Waals surface area contributed by atoms with Crippen LogP contribution in [0.3, 0.4) is 0 Å². The Kier molecular flexibility index (Phi) is 3.00. The molecule has 0 unspecified atom stereocenters. The molecule has 1 nitrogen and oxygen atoms in total. The van der Waals surface area contributed by atoms with Crippen molar-refractivity contribution in [3.05, 3.63) is 54.9 Å². The highest BCUT2D eigenvalue weighted by molar-refractivity contribution is 5.48. The molecule has 1 rings (SSSR count). The minimum atomic E-state index is 1.18. The smallest absolute Gasteiger partial charge is 0.00102 e. The van der Waals surface area contributed by atoms with Gasteiger partial charge in [-0.25, -0.2) is 0 Å². The lowest BCUT2D eigenvalue weighted by molar-refractivity contribution is 1.22. The van der Waals surface area contributed by atoms with Crippen LogP contribution in [0.4, 0.5) is 0 Å². The molecule has 0 saturated heterocycles. The zero-order valence-corrected chi connectivity index (χ0v) is 6.33. The molecule has 1 aromatic rings. The van der Waals surface area contributed by atoms with Crippen molar-refractivity contribution < 1.29 is 0 Å². The van der Waals surface area contributed by atoms with Crippen LogP contribution in [-0.2, 0) is 0 Å². The molecule has 0 amide bonds. The van der Waals surface area contributed by atoms with Gasteiger partial charge in [0.2, 0.25) is 0 Å². The van der Waals surface area contributed by atoms with Crippen molar-refractivity contribution in [2.75, 3.05) is 0 Å². The fraction of sp³-hybridized carbons (Fsp3) is 0. The van der Waals surface area contributed by atoms with Crippen LogP contribution in [0.25, 0.3) is 6.08 Å². The molecule has 1 aromatic carbocycles. The van der Waals surface area contributed by atoms with Gasteiger partial charge in [-0.2, -0.15) is 0 Å². The van der Waals surface area contributed by atoms with Crippen LogP contribution in [0.1, 0.15) is 5.56 Å². The second-order valence-electron chi connectivity index (χ2n) is 2.11. The summed E-state index contributed by atoms with van der Waals surface area (Å²) in [5.74, 6) is 0. The molecule has 56 valence electrons. The molecule has 11 heavy (non-hydrogen) atoms. The Morgan fingerprint density at radius 2 is 1.91 bits per heavy atom. The number of rotatable bonds is 3. The average Bonchev–Trinajstić information content (AvgIpc) is 2.07. The molecule has 0 aliphatic carbocycles. The molecular formula is C10H11N. The van der Waals surface area contributed by atoms with E-state index in [-0.39, 0.29) is 0 Å². The summed E-state index contributed by atoms with van der Waals surface area (Å²) >= 11 is 0. The summed E-state index contributed by atoms with van der Waals surface area (Å²) in [6, 6.07) is 10.1. The van der Waals surface area contributed by atoms with Gasteiger partial charge in [-0.3, -0.25) is 0 Å². The summed E-state index contributed by atoms with van der Waals surface area (Å²) in [6.45, 7) is 3.53. The van der Waals surface area contributed by atoms with Crippen LogP contribution < -0.4 is 5.32 Å². The topological polar surface area (TPSA) is 12.0 Å². The highest BCUT2D eigenvalue weighted by atomic mass is 14.8. The Labute approximate surface area is 67.1 Å². The molecule has 0 heterocycles. The normalized spacial score (nSPS) is 9.82. The lowest BCUT2D eigenvalue weighted by Gasteiger charge is -1.90. The fourth-order valence-corrected chi connectivity index (χ4v) is 0.777. The highest BCUT2D eigenvalue weighted by Gasteiger charge is 1.79. The number of benzene rings is 1. The third-order valence-electron chi connectivity index (χ3n) is 1.29. The van der Waals surface area contributed by atoms with E-state index in [1.165, 1.54) is 5.56 Å². The first-order valence-electron chi connectivity index (χ1n) is 3.52. The van der Waals surface area contributed by atoms with Gasteiger partial charge >= 0.3 is 0 Å². The van der Waals surface area contributed by atoms with Gasteiger partial charge in [0.1, 0.15) is 0 Å². The van der Waals surface area contributed by atoms with Gasteiger partial charge in [-0.05, 0) is 17.8 Å². The largest absolute Gasteiger partial charge is 0.368 e. The Hall–Kier alpha value is -1.50. The minimum absolute atomic E-state index is 1.18. The van der Waals surface area contributed by atoms with Crippen molar-refractivity contribution >= 4 is 6.08 Å². The lowest BCUT2D eigenvalue weighted by atomic mass is 10.2. The Bertz CT molecular complexity index is 236. The maximum Gasteiger partial charge on any atom is 0.00102 e. The zero-order chi connectivity index (χ0) is 7.94. The highest BCUT2D eigenvalue weighted by Crippen LogP contribution is 1.99. The SMILES string of the molecule is C=CNC=Cc1ccccc1. The van der Waals surface area contributed by atoms with Crippen molar-refractivity contribution in [2.24, 2.45) is 0 Å². The van der Waals surface area contributed by atoms with Crippen molar-refractivity contribution in [2.45, 2.75) is 0 Å². The summed E-state index contributed by atoms with van der Waals surface area (Å²) < 4.78 is 0. The number of nitrogens with one attached hydrogen (secondary N) is 1. The first kappa shape index (κ1) is 7.61. The standard InChI is InChI=1S/C10H11N/c1-2-11-9-8-10-6-4-3-5-7-10/h2-9,11H,1H2. The van der Waals surface area contributed by atoms with E-state index in [9.17, 15) is 0 Å². The first-order chi connectivity index (χ1) is 5.43. The van der Waals surface area contributed by atoms with Crippen molar-refractivity contribution in [1.29, 1.82) is 0 Å². The van der Waals surface area contributed by atoms with Crippen molar-refractivity contribution in [3.63, 3.8) is 0 Å². The molecule has 0 bridgehead atoms.